The maximum absolute atomic E-state index is 12.7. The highest BCUT2D eigenvalue weighted by molar-refractivity contribution is 6.06. The molecule has 0 radical (unpaired) electrons. The quantitative estimate of drug-likeness (QED) is 0.784. The second kappa shape index (κ2) is 6.44. The van der Waals surface area contributed by atoms with Crippen LogP contribution in [0.25, 0.3) is 0 Å². The molecule has 8 heteroatoms. The minimum absolute atomic E-state index is 0.187. The van der Waals surface area contributed by atoms with Crippen LogP contribution in [-0.2, 0) is 20.9 Å². The lowest BCUT2D eigenvalue weighted by atomic mass is 10.0. The van der Waals surface area contributed by atoms with Gasteiger partial charge in [0.25, 0.3) is 5.91 Å². The third kappa shape index (κ3) is 3.54. The van der Waals surface area contributed by atoms with Crippen LogP contribution < -0.4 is 10.6 Å². The van der Waals surface area contributed by atoms with Crippen LogP contribution in [0.5, 0.6) is 0 Å². The number of anilines is 1. The highest BCUT2D eigenvalue weighted by Crippen LogP contribution is 2.32. The summed E-state index contributed by atoms with van der Waals surface area (Å²) in [5.74, 6) is -1.09. The molecule has 1 unspecified atom stereocenters. The summed E-state index contributed by atoms with van der Waals surface area (Å²) < 4.78 is 5.25. The number of hydrogen-bond donors (Lipinski definition) is 2. The summed E-state index contributed by atoms with van der Waals surface area (Å²) in [7, 11) is 0. The second-order valence-corrected chi connectivity index (χ2v) is 7.36. The summed E-state index contributed by atoms with van der Waals surface area (Å²) in [6.45, 7) is 5.47. The van der Waals surface area contributed by atoms with Gasteiger partial charge in [-0.05, 0) is 39.3 Å². The fraction of sp³-hybridized carbons (Fsp3) is 0.444. The Kier molecular flexibility index (Phi) is 4.43. The first-order chi connectivity index (χ1) is 12.2. The van der Waals surface area contributed by atoms with Gasteiger partial charge in [-0.15, -0.1) is 0 Å². The number of carbonyl (C=O) groups excluding carboxylic acids is 4. The Labute approximate surface area is 150 Å². The molecule has 0 saturated carbocycles. The molecule has 1 fully saturated rings. The van der Waals surface area contributed by atoms with E-state index >= 15 is 0 Å². The van der Waals surface area contributed by atoms with Gasteiger partial charge in [-0.1, -0.05) is 6.07 Å². The molecule has 2 aliphatic heterocycles. The predicted octanol–water partition coefficient (Wildman–Crippen LogP) is 1.79. The largest absolute Gasteiger partial charge is 0.444 e. The zero-order valence-electron chi connectivity index (χ0n) is 14.9. The molecule has 2 heterocycles. The third-order valence-corrected chi connectivity index (χ3v) is 4.22. The number of hydrogen-bond acceptors (Lipinski definition) is 5. The first-order valence-electron chi connectivity index (χ1n) is 8.42. The Morgan fingerprint density at radius 2 is 2.00 bits per heavy atom. The zero-order valence-corrected chi connectivity index (χ0v) is 14.9. The third-order valence-electron chi connectivity index (χ3n) is 4.22. The van der Waals surface area contributed by atoms with Gasteiger partial charge in [-0.25, -0.2) is 4.79 Å². The van der Waals surface area contributed by atoms with E-state index in [0.717, 1.165) is 0 Å². The van der Waals surface area contributed by atoms with Crippen molar-refractivity contribution in [2.75, 3.05) is 5.32 Å². The maximum atomic E-state index is 12.7. The van der Waals surface area contributed by atoms with Crippen molar-refractivity contribution in [3.63, 3.8) is 0 Å². The van der Waals surface area contributed by atoms with E-state index in [2.05, 4.69) is 10.6 Å². The van der Waals surface area contributed by atoms with Crippen molar-refractivity contribution in [1.29, 1.82) is 0 Å². The molecule has 138 valence electrons. The average molecular weight is 359 g/mol. The number of ether oxygens (including phenoxy) is 1. The monoisotopic (exact) mass is 359 g/mol. The molecule has 26 heavy (non-hydrogen) atoms. The molecule has 2 N–H and O–H groups in total. The van der Waals surface area contributed by atoms with E-state index in [-0.39, 0.29) is 24.8 Å². The number of piperidine rings is 1. The van der Waals surface area contributed by atoms with Gasteiger partial charge in [-0.3, -0.25) is 25.0 Å². The Morgan fingerprint density at radius 1 is 1.27 bits per heavy atom. The minimum atomic E-state index is -0.693. The molecule has 0 aliphatic carbocycles. The molecule has 8 nitrogen and oxygen atoms in total. The number of amides is 4. The lowest BCUT2D eigenvalue weighted by Gasteiger charge is -2.29. The molecular formula is C18H21N3O5. The van der Waals surface area contributed by atoms with Crippen molar-refractivity contribution in [2.24, 2.45) is 0 Å². The lowest BCUT2D eigenvalue weighted by Crippen LogP contribution is -2.52. The van der Waals surface area contributed by atoms with Gasteiger partial charge in [0.2, 0.25) is 11.8 Å². The SMILES string of the molecule is CC(C)(C)OC(=O)Nc1cccc2c1CN(C1CCC(=O)NC1=O)C2=O. The first kappa shape index (κ1) is 17.9. The van der Waals surface area contributed by atoms with Crippen molar-refractivity contribution in [2.45, 2.75) is 51.8 Å². The fourth-order valence-corrected chi connectivity index (χ4v) is 3.12. The number of nitrogens with one attached hydrogen (secondary N) is 2. The smallest absolute Gasteiger partial charge is 0.412 e. The number of imide groups is 1. The van der Waals surface area contributed by atoms with Crippen LogP contribution in [-0.4, -0.2) is 40.4 Å². The lowest BCUT2D eigenvalue weighted by molar-refractivity contribution is -0.136. The average Bonchev–Trinajstić information content (AvgIpc) is 2.84. The van der Waals surface area contributed by atoms with E-state index in [0.29, 0.717) is 23.2 Å². The summed E-state index contributed by atoms with van der Waals surface area (Å²) in [6.07, 6.45) is -0.128. The molecule has 1 saturated heterocycles. The standard InChI is InChI=1S/C18H21N3O5/c1-18(2,3)26-17(25)19-12-6-4-5-10-11(12)9-21(16(10)24)13-7-8-14(22)20-15(13)23/h4-6,13H,7-9H2,1-3H3,(H,19,25)(H,20,22,23). The molecule has 2 aliphatic rings. The number of rotatable bonds is 2. The topological polar surface area (TPSA) is 105 Å². The highest BCUT2D eigenvalue weighted by Gasteiger charge is 2.40. The van der Waals surface area contributed by atoms with Crippen LogP contribution in [0.1, 0.15) is 49.5 Å². The molecule has 1 aromatic carbocycles. The minimum Gasteiger partial charge on any atom is -0.444 e. The van der Waals surface area contributed by atoms with Crippen LogP contribution in [0.15, 0.2) is 18.2 Å². The first-order valence-corrected chi connectivity index (χ1v) is 8.42. The van der Waals surface area contributed by atoms with Crippen molar-refractivity contribution >= 4 is 29.5 Å². The van der Waals surface area contributed by atoms with Crippen LogP contribution in [0.4, 0.5) is 10.5 Å². The van der Waals surface area contributed by atoms with Crippen molar-refractivity contribution in [3.05, 3.63) is 29.3 Å². The molecule has 3 rings (SSSR count). The van der Waals surface area contributed by atoms with E-state index < -0.39 is 23.6 Å². The molecule has 1 atom stereocenters. The van der Waals surface area contributed by atoms with E-state index in [1.165, 1.54) is 4.90 Å². The van der Waals surface area contributed by atoms with Gasteiger partial charge in [-0.2, -0.15) is 0 Å². The molecular weight excluding hydrogens is 338 g/mol. The Balaban J connectivity index is 1.80. The van der Waals surface area contributed by atoms with Crippen LogP contribution in [0.2, 0.25) is 0 Å². The normalized spacial score (nSPS) is 19.9. The van der Waals surface area contributed by atoms with Gasteiger partial charge in [0, 0.05) is 29.8 Å². The molecule has 0 aromatic heterocycles. The highest BCUT2D eigenvalue weighted by atomic mass is 16.6. The maximum Gasteiger partial charge on any atom is 0.412 e. The number of carbonyl (C=O) groups is 4. The van der Waals surface area contributed by atoms with Gasteiger partial charge >= 0.3 is 6.09 Å². The van der Waals surface area contributed by atoms with Gasteiger partial charge in [0.1, 0.15) is 11.6 Å². The van der Waals surface area contributed by atoms with Gasteiger partial charge in [0.15, 0.2) is 0 Å². The molecule has 0 spiro atoms. The van der Waals surface area contributed by atoms with Crippen LogP contribution >= 0.6 is 0 Å². The van der Waals surface area contributed by atoms with E-state index in [4.69, 9.17) is 4.74 Å². The van der Waals surface area contributed by atoms with E-state index in [9.17, 15) is 19.2 Å². The molecule has 0 bridgehead atoms. The van der Waals surface area contributed by atoms with Crippen LogP contribution in [0, 0.1) is 0 Å². The summed E-state index contributed by atoms with van der Waals surface area (Å²) in [5.41, 5.74) is 0.896. The Bertz CT molecular complexity index is 797. The summed E-state index contributed by atoms with van der Waals surface area (Å²) in [6, 6.07) is 4.31. The van der Waals surface area contributed by atoms with E-state index in [1.54, 1.807) is 39.0 Å². The molecule has 4 amide bonds. The fourth-order valence-electron chi connectivity index (χ4n) is 3.12. The zero-order chi connectivity index (χ0) is 19.1. The van der Waals surface area contributed by atoms with Crippen LogP contribution in [0.3, 0.4) is 0 Å². The van der Waals surface area contributed by atoms with E-state index in [1.807, 2.05) is 0 Å². The van der Waals surface area contributed by atoms with Crippen molar-refractivity contribution < 1.29 is 23.9 Å². The van der Waals surface area contributed by atoms with Gasteiger partial charge in [0.05, 0.1) is 0 Å². The number of nitrogens with zero attached hydrogens (tertiary/aromatic N) is 1. The van der Waals surface area contributed by atoms with Crippen molar-refractivity contribution in [3.8, 4) is 0 Å². The number of fused-ring (bicyclic) bond motifs is 1. The molecule has 1 aromatic rings. The van der Waals surface area contributed by atoms with Crippen molar-refractivity contribution in [1.82, 2.24) is 10.2 Å². The summed E-state index contributed by atoms with van der Waals surface area (Å²) in [4.78, 5) is 49.6. The van der Waals surface area contributed by atoms with Gasteiger partial charge < -0.3 is 9.64 Å². The number of benzene rings is 1. The predicted molar refractivity (Wildman–Crippen MR) is 92.3 cm³/mol. The summed E-state index contributed by atoms with van der Waals surface area (Å²) in [5, 5.41) is 4.93. The second-order valence-electron chi connectivity index (χ2n) is 7.36. The Hall–Kier alpha value is -2.90. The Morgan fingerprint density at radius 3 is 2.65 bits per heavy atom. The summed E-state index contributed by atoms with van der Waals surface area (Å²) >= 11 is 0.